The number of ether oxygens (including phenoxy) is 1. The molecule has 1 atom stereocenters. The molecule has 0 radical (unpaired) electrons. The van der Waals surface area contributed by atoms with E-state index in [1.165, 1.54) is 23.1 Å². The van der Waals surface area contributed by atoms with E-state index in [2.05, 4.69) is 5.32 Å². The lowest BCUT2D eigenvalue weighted by Crippen LogP contribution is -2.48. The summed E-state index contributed by atoms with van der Waals surface area (Å²) < 4.78 is 5.25. The van der Waals surface area contributed by atoms with Gasteiger partial charge in [-0.1, -0.05) is 11.6 Å². The molecule has 3 N–H and O–H groups in total. The monoisotopic (exact) mass is 314 g/mol. The molecule has 0 spiro atoms. The Labute approximate surface area is 126 Å². The third kappa shape index (κ3) is 3.84. The summed E-state index contributed by atoms with van der Waals surface area (Å²) in [4.78, 5) is 24.8. The predicted octanol–water partition coefficient (Wildman–Crippen LogP) is 1.26. The fourth-order valence-corrected chi connectivity index (χ4v) is 2.18. The van der Waals surface area contributed by atoms with E-state index < -0.39 is 18.1 Å². The molecule has 1 fully saturated rings. The Hall–Kier alpha value is -1.83. The standard InChI is InChI=1S/C13H15ClN2O5/c14-8-1-2-11(10(5-8)12(18)19)15-13(20)16-3-4-21-9(6-16)7-17/h1-2,5,9,17H,3-4,6-7H2,(H,15,20)(H,18,19). The lowest BCUT2D eigenvalue weighted by atomic mass is 10.2. The number of halogens is 1. The molecule has 1 aromatic carbocycles. The summed E-state index contributed by atoms with van der Waals surface area (Å²) >= 11 is 5.75. The van der Waals surface area contributed by atoms with E-state index in [0.29, 0.717) is 13.2 Å². The van der Waals surface area contributed by atoms with Crippen LogP contribution in [0.25, 0.3) is 0 Å². The molecule has 1 unspecified atom stereocenters. The number of morpholine rings is 1. The number of nitrogens with one attached hydrogen (secondary N) is 1. The van der Waals surface area contributed by atoms with Crippen molar-refractivity contribution in [3.63, 3.8) is 0 Å². The molecule has 0 aromatic heterocycles. The largest absolute Gasteiger partial charge is 0.478 e. The summed E-state index contributed by atoms with van der Waals surface area (Å²) in [5.74, 6) is -1.18. The molecule has 1 aliphatic heterocycles. The number of aromatic carboxylic acids is 1. The van der Waals surface area contributed by atoms with Gasteiger partial charge < -0.3 is 25.2 Å². The van der Waals surface area contributed by atoms with Crippen molar-refractivity contribution in [3.8, 4) is 0 Å². The molecular weight excluding hydrogens is 300 g/mol. The number of carboxylic acids is 1. The Bertz CT molecular complexity index is 551. The van der Waals surface area contributed by atoms with Crippen LogP contribution >= 0.6 is 11.6 Å². The van der Waals surface area contributed by atoms with E-state index in [-0.39, 0.29) is 29.4 Å². The number of hydrogen-bond donors (Lipinski definition) is 3. The van der Waals surface area contributed by atoms with Gasteiger partial charge in [-0.05, 0) is 18.2 Å². The molecule has 0 bridgehead atoms. The number of carbonyl (C=O) groups excluding carboxylic acids is 1. The molecular formula is C13H15ClN2O5. The van der Waals surface area contributed by atoms with Crippen LogP contribution in [0.5, 0.6) is 0 Å². The minimum atomic E-state index is -1.18. The quantitative estimate of drug-likeness (QED) is 0.780. The van der Waals surface area contributed by atoms with E-state index in [4.69, 9.17) is 26.6 Å². The number of aliphatic hydroxyl groups excluding tert-OH is 1. The van der Waals surface area contributed by atoms with Crippen LogP contribution in [0.3, 0.4) is 0 Å². The molecule has 21 heavy (non-hydrogen) atoms. The number of amides is 2. The Morgan fingerprint density at radius 3 is 2.90 bits per heavy atom. The van der Waals surface area contributed by atoms with Gasteiger partial charge in [0.05, 0.1) is 37.1 Å². The van der Waals surface area contributed by atoms with E-state index in [1.54, 1.807) is 0 Å². The highest BCUT2D eigenvalue weighted by Gasteiger charge is 2.24. The van der Waals surface area contributed by atoms with Crippen molar-refractivity contribution < 1.29 is 24.5 Å². The van der Waals surface area contributed by atoms with Gasteiger partial charge >= 0.3 is 12.0 Å². The summed E-state index contributed by atoms with van der Waals surface area (Å²) in [5, 5.41) is 21.0. The third-order valence-electron chi connectivity index (χ3n) is 3.08. The first-order chi connectivity index (χ1) is 10.0. The fraction of sp³-hybridized carbons (Fsp3) is 0.385. The second-order valence-corrected chi connectivity index (χ2v) is 4.98. The van der Waals surface area contributed by atoms with Gasteiger partial charge in [0, 0.05) is 11.6 Å². The fourth-order valence-electron chi connectivity index (χ4n) is 2.01. The van der Waals surface area contributed by atoms with Crippen LogP contribution in [0.1, 0.15) is 10.4 Å². The van der Waals surface area contributed by atoms with Crippen LogP contribution in [0.2, 0.25) is 5.02 Å². The number of hydrogen-bond acceptors (Lipinski definition) is 4. The van der Waals surface area contributed by atoms with Crippen LogP contribution in [0, 0.1) is 0 Å². The first kappa shape index (κ1) is 15.6. The van der Waals surface area contributed by atoms with Crippen molar-refractivity contribution in [1.29, 1.82) is 0 Å². The molecule has 8 heteroatoms. The van der Waals surface area contributed by atoms with E-state index in [1.807, 2.05) is 0 Å². The van der Waals surface area contributed by atoms with Gasteiger partial charge in [-0.15, -0.1) is 0 Å². The Morgan fingerprint density at radius 2 is 2.24 bits per heavy atom. The molecule has 1 aromatic rings. The number of anilines is 1. The zero-order valence-electron chi connectivity index (χ0n) is 11.1. The van der Waals surface area contributed by atoms with Crippen molar-refractivity contribution in [2.75, 3.05) is 31.6 Å². The maximum absolute atomic E-state index is 12.1. The summed E-state index contributed by atoms with van der Waals surface area (Å²) in [7, 11) is 0. The molecule has 7 nitrogen and oxygen atoms in total. The average molecular weight is 315 g/mol. The summed E-state index contributed by atoms with van der Waals surface area (Å²) in [6, 6.07) is 3.77. The van der Waals surface area contributed by atoms with Crippen LogP contribution < -0.4 is 5.32 Å². The highest BCUT2D eigenvalue weighted by Crippen LogP contribution is 2.21. The van der Waals surface area contributed by atoms with Crippen molar-refractivity contribution in [2.24, 2.45) is 0 Å². The highest BCUT2D eigenvalue weighted by molar-refractivity contribution is 6.31. The number of aliphatic hydroxyl groups is 1. The van der Waals surface area contributed by atoms with Gasteiger partial charge in [-0.2, -0.15) is 0 Å². The molecule has 1 saturated heterocycles. The second-order valence-electron chi connectivity index (χ2n) is 4.55. The van der Waals surface area contributed by atoms with Gasteiger partial charge in [0.1, 0.15) is 0 Å². The molecule has 114 valence electrons. The van der Waals surface area contributed by atoms with Gasteiger partial charge in [0.15, 0.2) is 0 Å². The first-order valence-electron chi connectivity index (χ1n) is 6.32. The van der Waals surface area contributed by atoms with Crippen molar-refractivity contribution >= 4 is 29.3 Å². The molecule has 0 saturated carbocycles. The molecule has 0 aliphatic carbocycles. The van der Waals surface area contributed by atoms with Gasteiger partial charge in [0.25, 0.3) is 0 Å². The number of benzene rings is 1. The molecule has 1 heterocycles. The van der Waals surface area contributed by atoms with E-state index in [9.17, 15) is 9.59 Å². The van der Waals surface area contributed by atoms with Crippen LogP contribution in [-0.2, 0) is 4.74 Å². The zero-order chi connectivity index (χ0) is 15.4. The summed E-state index contributed by atoms with van der Waals surface area (Å²) in [6.45, 7) is 0.771. The van der Waals surface area contributed by atoms with Crippen molar-refractivity contribution in [2.45, 2.75) is 6.10 Å². The predicted molar refractivity (Wildman–Crippen MR) is 75.8 cm³/mol. The van der Waals surface area contributed by atoms with Gasteiger partial charge in [0.2, 0.25) is 0 Å². The normalized spacial score (nSPS) is 18.4. The van der Waals surface area contributed by atoms with Crippen LogP contribution in [0.4, 0.5) is 10.5 Å². The summed E-state index contributed by atoms with van der Waals surface area (Å²) in [6.07, 6.45) is -0.423. The topological polar surface area (TPSA) is 99.1 Å². The van der Waals surface area contributed by atoms with Crippen LogP contribution in [0.15, 0.2) is 18.2 Å². The molecule has 1 aliphatic rings. The van der Waals surface area contributed by atoms with Crippen molar-refractivity contribution in [1.82, 2.24) is 4.90 Å². The number of nitrogens with zero attached hydrogens (tertiary/aromatic N) is 1. The van der Waals surface area contributed by atoms with E-state index in [0.717, 1.165) is 0 Å². The third-order valence-corrected chi connectivity index (χ3v) is 3.32. The zero-order valence-corrected chi connectivity index (χ0v) is 11.8. The second kappa shape index (κ2) is 6.75. The van der Waals surface area contributed by atoms with Crippen LogP contribution in [-0.4, -0.2) is 59.5 Å². The highest BCUT2D eigenvalue weighted by atomic mass is 35.5. The van der Waals surface area contributed by atoms with Crippen molar-refractivity contribution in [3.05, 3.63) is 28.8 Å². The number of urea groups is 1. The lowest BCUT2D eigenvalue weighted by Gasteiger charge is -2.32. The minimum Gasteiger partial charge on any atom is -0.478 e. The summed E-state index contributed by atoms with van der Waals surface area (Å²) in [5.41, 5.74) is 0.0896. The average Bonchev–Trinajstić information content (AvgIpc) is 2.48. The minimum absolute atomic E-state index is 0.0807. The lowest BCUT2D eigenvalue weighted by molar-refractivity contribution is -0.0388. The maximum Gasteiger partial charge on any atom is 0.337 e. The number of carboxylic acid groups (broad SMARTS) is 1. The van der Waals surface area contributed by atoms with Gasteiger partial charge in [-0.25, -0.2) is 9.59 Å². The SMILES string of the molecule is O=C(O)c1cc(Cl)ccc1NC(=O)N1CCOC(CO)C1. The first-order valence-corrected chi connectivity index (χ1v) is 6.70. The Balaban J connectivity index is 2.11. The smallest absolute Gasteiger partial charge is 0.337 e. The maximum atomic E-state index is 12.1. The Kier molecular flexibility index (Phi) is 5.00. The van der Waals surface area contributed by atoms with Gasteiger partial charge in [-0.3, -0.25) is 0 Å². The molecule has 2 amide bonds. The Morgan fingerprint density at radius 1 is 1.48 bits per heavy atom. The van der Waals surface area contributed by atoms with E-state index >= 15 is 0 Å². The number of carbonyl (C=O) groups is 2. The number of rotatable bonds is 3. The molecule has 2 rings (SSSR count).